The monoisotopic (exact) mass is 199 g/mol. The summed E-state index contributed by atoms with van der Waals surface area (Å²) in [5.74, 6) is 1.41. The van der Waals surface area contributed by atoms with Crippen molar-refractivity contribution in [1.82, 2.24) is 9.38 Å². The van der Waals surface area contributed by atoms with Gasteiger partial charge in [0.2, 0.25) is 0 Å². The van der Waals surface area contributed by atoms with Gasteiger partial charge in [0.15, 0.2) is 5.76 Å². The van der Waals surface area contributed by atoms with Crippen LogP contribution in [0.1, 0.15) is 0 Å². The lowest BCUT2D eigenvalue weighted by atomic mass is 10.4. The second-order valence-electron chi connectivity index (χ2n) is 3.28. The molecule has 0 unspecified atom stereocenters. The van der Waals surface area contributed by atoms with Crippen molar-refractivity contribution in [1.29, 1.82) is 0 Å². The Labute approximate surface area is 86.0 Å². The highest BCUT2D eigenvalue weighted by Crippen LogP contribution is 2.20. The van der Waals surface area contributed by atoms with Crippen molar-refractivity contribution in [3.63, 3.8) is 0 Å². The summed E-state index contributed by atoms with van der Waals surface area (Å²) < 4.78 is 7.10. The van der Waals surface area contributed by atoms with E-state index in [1.165, 1.54) is 0 Å². The third-order valence-corrected chi connectivity index (χ3v) is 2.30. The molecule has 0 fully saturated rings. The smallest absolute Gasteiger partial charge is 0.153 e. The number of nitrogens with zero attached hydrogens (tertiary/aromatic N) is 2. The lowest BCUT2D eigenvalue weighted by molar-refractivity contribution is 0.580. The third-order valence-electron chi connectivity index (χ3n) is 2.30. The molecule has 0 atom stereocenters. The van der Waals surface area contributed by atoms with Crippen molar-refractivity contribution < 1.29 is 4.42 Å². The first kappa shape index (κ1) is 8.11. The maximum absolute atomic E-state index is 5.82. The zero-order valence-corrected chi connectivity index (χ0v) is 7.92. The van der Waals surface area contributed by atoms with E-state index in [1.807, 2.05) is 40.9 Å². The maximum Gasteiger partial charge on any atom is 0.153 e. The van der Waals surface area contributed by atoms with Crippen molar-refractivity contribution in [2.24, 2.45) is 0 Å². The van der Waals surface area contributed by atoms with Crippen LogP contribution in [-0.2, 0) is 0 Å². The molecule has 0 aromatic carbocycles. The molecule has 3 heterocycles. The van der Waals surface area contributed by atoms with E-state index in [-0.39, 0.29) is 0 Å². The Morgan fingerprint density at radius 2 is 2.13 bits per heavy atom. The average Bonchev–Trinajstić information content (AvgIpc) is 2.86. The molecule has 3 rings (SSSR count). The number of rotatable bonds is 1. The minimum absolute atomic E-state index is 0.665. The molecule has 0 amide bonds. The number of hydrogen-bond acceptors (Lipinski definition) is 3. The molecule has 0 aliphatic carbocycles. The largest absolute Gasteiger partial charge is 0.463 e. The standard InChI is InChI=1S/C11H9N3O/c12-10-4-1-5-11-13-8(7-14(10)11)9-3-2-6-15-9/h1-7H,12H2. The van der Waals surface area contributed by atoms with Crippen LogP contribution in [0.4, 0.5) is 5.82 Å². The van der Waals surface area contributed by atoms with Crippen LogP contribution in [0.15, 0.2) is 47.2 Å². The van der Waals surface area contributed by atoms with Crippen LogP contribution in [0.3, 0.4) is 0 Å². The summed E-state index contributed by atoms with van der Waals surface area (Å²) in [5.41, 5.74) is 7.43. The lowest BCUT2D eigenvalue weighted by Gasteiger charge is -1.95. The van der Waals surface area contributed by atoms with E-state index in [9.17, 15) is 0 Å². The number of furan rings is 1. The first-order chi connectivity index (χ1) is 7.34. The summed E-state index contributed by atoms with van der Waals surface area (Å²) in [6.45, 7) is 0. The molecule has 0 spiro atoms. The van der Waals surface area contributed by atoms with Gasteiger partial charge in [-0.15, -0.1) is 0 Å². The van der Waals surface area contributed by atoms with Gasteiger partial charge >= 0.3 is 0 Å². The molecule has 0 aliphatic rings. The number of nitrogens with two attached hydrogens (primary N) is 1. The van der Waals surface area contributed by atoms with Gasteiger partial charge in [0.1, 0.15) is 17.2 Å². The minimum atomic E-state index is 0.665. The molecular weight excluding hydrogens is 190 g/mol. The predicted octanol–water partition coefficient (Wildman–Crippen LogP) is 2.18. The second-order valence-corrected chi connectivity index (χ2v) is 3.28. The first-order valence-corrected chi connectivity index (χ1v) is 4.62. The van der Waals surface area contributed by atoms with Gasteiger partial charge in [-0.25, -0.2) is 4.98 Å². The molecule has 0 saturated heterocycles. The maximum atomic E-state index is 5.82. The zero-order chi connectivity index (χ0) is 10.3. The molecule has 15 heavy (non-hydrogen) atoms. The Morgan fingerprint density at radius 1 is 1.20 bits per heavy atom. The number of imidazole rings is 1. The van der Waals surface area contributed by atoms with E-state index in [2.05, 4.69) is 4.98 Å². The van der Waals surface area contributed by atoms with Crippen LogP contribution in [-0.4, -0.2) is 9.38 Å². The highest BCUT2D eigenvalue weighted by Gasteiger charge is 2.07. The van der Waals surface area contributed by atoms with Crippen molar-refractivity contribution in [3.05, 3.63) is 42.8 Å². The van der Waals surface area contributed by atoms with Crippen molar-refractivity contribution in [2.75, 3.05) is 5.73 Å². The Balaban J connectivity index is 2.27. The van der Waals surface area contributed by atoms with Crippen molar-refractivity contribution >= 4 is 11.5 Å². The third kappa shape index (κ3) is 1.19. The van der Waals surface area contributed by atoms with Gasteiger partial charge in [-0.1, -0.05) is 6.07 Å². The van der Waals surface area contributed by atoms with E-state index in [1.54, 1.807) is 6.26 Å². The number of anilines is 1. The molecule has 0 saturated carbocycles. The average molecular weight is 199 g/mol. The van der Waals surface area contributed by atoms with Gasteiger partial charge in [0.05, 0.1) is 6.26 Å². The summed E-state index contributed by atoms with van der Waals surface area (Å²) in [5, 5.41) is 0. The number of aromatic nitrogens is 2. The highest BCUT2D eigenvalue weighted by molar-refractivity contribution is 5.59. The molecule has 4 heteroatoms. The van der Waals surface area contributed by atoms with Gasteiger partial charge in [0, 0.05) is 6.20 Å². The first-order valence-electron chi connectivity index (χ1n) is 4.62. The van der Waals surface area contributed by atoms with Crippen molar-refractivity contribution in [3.8, 4) is 11.5 Å². The van der Waals surface area contributed by atoms with Crippen molar-refractivity contribution in [2.45, 2.75) is 0 Å². The normalized spacial score (nSPS) is 10.9. The minimum Gasteiger partial charge on any atom is -0.463 e. The summed E-state index contributed by atoms with van der Waals surface area (Å²) >= 11 is 0. The molecule has 4 nitrogen and oxygen atoms in total. The second kappa shape index (κ2) is 2.88. The van der Waals surface area contributed by atoms with Crippen LogP contribution in [0.5, 0.6) is 0 Å². The SMILES string of the molecule is Nc1cccc2nc(-c3ccco3)cn12. The summed E-state index contributed by atoms with van der Waals surface area (Å²) in [6.07, 6.45) is 3.49. The van der Waals surface area contributed by atoms with Gasteiger partial charge in [-0.2, -0.15) is 0 Å². The predicted molar refractivity (Wildman–Crippen MR) is 57.3 cm³/mol. The Hall–Kier alpha value is -2.23. The molecule has 2 N–H and O–H groups in total. The topological polar surface area (TPSA) is 56.5 Å². The fourth-order valence-corrected chi connectivity index (χ4v) is 1.58. The van der Waals surface area contributed by atoms with Crippen LogP contribution in [0, 0.1) is 0 Å². The summed E-state index contributed by atoms with van der Waals surface area (Å²) in [4.78, 5) is 4.41. The molecule has 0 bridgehead atoms. The van der Waals surface area contributed by atoms with Crippen LogP contribution >= 0.6 is 0 Å². The van der Waals surface area contributed by atoms with Gasteiger partial charge in [-0.3, -0.25) is 4.40 Å². The Morgan fingerprint density at radius 3 is 2.87 bits per heavy atom. The molecular formula is C11H9N3O. The number of nitrogen functional groups attached to an aromatic ring is 1. The molecule has 3 aromatic heterocycles. The molecule has 0 radical (unpaired) electrons. The summed E-state index contributed by atoms with van der Waals surface area (Å²) in [6, 6.07) is 9.33. The van der Waals surface area contributed by atoms with Crippen LogP contribution in [0.25, 0.3) is 17.1 Å². The van der Waals surface area contributed by atoms with Gasteiger partial charge < -0.3 is 10.2 Å². The molecule has 3 aromatic rings. The van der Waals surface area contributed by atoms with E-state index in [0.29, 0.717) is 5.82 Å². The molecule has 0 aliphatic heterocycles. The van der Waals surface area contributed by atoms with E-state index in [4.69, 9.17) is 10.2 Å². The van der Waals surface area contributed by atoms with E-state index >= 15 is 0 Å². The highest BCUT2D eigenvalue weighted by atomic mass is 16.3. The quantitative estimate of drug-likeness (QED) is 0.653. The Kier molecular flexibility index (Phi) is 1.56. The fraction of sp³-hybridized carbons (Fsp3) is 0. The fourth-order valence-electron chi connectivity index (χ4n) is 1.58. The number of fused-ring (bicyclic) bond motifs is 1. The van der Waals surface area contributed by atoms with Crippen LogP contribution < -0.4 is 5.73 Å². The lowest BCUT2D eigenvalue weighted by Crippen LogP contribution is -1.93. The Bertz CT molecular complexity index is 595. The van der Waals surface area contributed by atoms with Crippen LogP contribution in [0.2, 0.25) is 0 Å². The number of hydrogen-bond donors (Lipinski definition) is 1. The molecule has 74 valence electrons. The van der Waals surface area contributed by atoms with Gasteiger partial charge in [-0.05, 0) is 24.3 Å². The zero-order valence-electron chi connectivity index (χ0n) is 7.92. The summed E-state index contributed by atoms with van der Waals surface area (Å²) in [7, 11) is 0. The van der Waals surface area contributed by atoms with E-state index < -0.39 is 0 Å². The van der Waals surface area contributed by atoms with Gasteiger partial charge in [0.25, 0.3) is 0 Å². The number of pyridine rings is 1. The van der Waals surface area contributed by atoms with E-state index in [0.717, 1.165) is 17.1 Å².